The van der Waals surface area contributed by atoms with Crippen LogP contribution in [0.2, 0.25) is 10.0 Å². The summed E-state index contributed by atoms with van der Waals surface area (Å²) in [5.41, 5.74) is 1.20. The Morgan fingerprint density at radius 3 is 2.36 bits per heavy atom. The zero-order valence-electron chi connectivity index (χ0n) is 8.06. The molecule has 2 atom stereocenters. The summed E-state index contributed by atoms with van der Waals surface area (Å²) in [5.74, 6) is 0.734. The molecule has 0 amide bonds. The maximum atomic E-state index is 5.95. The number of rotatable bonds is 1. The largest absolute Gasteiger partial charge is 0.310 e. The third kappa shape index (κ3) is 2.22. The van der Waals surface area contributed by atoms with Gasteiger partial charge >= 0.3 is 0 Å². The Morgan fingerprint density at radius 1 is 1.21 bits per heavy atom. The highest BCUT2D eigenvalue weighted by Crippen LogP contribution is 2.30. The van der Waals surface area contributed by atoms with E-state index in [0.29, 0.717) is 16.1 Å². The fraction of sp³-hybridized carbons (Fsp3) is 0.455. The summed E-state index contributed by atoms with van der Waals surface area (Å²) in [6, 6.07) is 6.17. The molecule has 1 saturated heterocycles. The molecule has 1 aromatic rings. The monoisotopic (exact) mass is 229 g/mol. The van der Waals surface area contributed by atoms with E-state index in [4.69, 9.17) is 23.2 Å². The molecule has 0 radical (unpaired) electrons. The minimum absolute atomic E-state index is 0.418. The van der Waals surface area contributed by atoms with Gasteiger partial charge in [0.15, 0.2) is 0 Å². The zero-order chi connectivity index (χ0) is 10.1. The van der Waals surface area contributed by atoms with Crippen LogP contribution >= 0.6 is 23.2 Å². The lowest BCUT2D eigenvalue weighted by molar-refractivity contribution is 0.612. The summed E-state index contributed by atoms with van der Waals surface area (Å²) >= 11 is 11.9. The SMILES string of the molecule is C[C@@H]1CN[C@@H](c2cc(Cl)cc(Cl)c2)C1. The lowest BCUT2D eigenvalue weighted by Crippen LogP contribution is -2.13. The Bertz CT molecular complexity index is 318. The fourth-order valence-corrected chi connectivity index (χ4v) is 2.49. The molecule has 0 bridgehead atoms. The summed E-state index contributed by atoms with van der Waals surface area (Å²) in [5, 5.41) is 4.89. The van der Waals surface area contributed by atoms with Crippen molar-refractivity contribution < 1.29 is 0 Å². The molecular weight excluding hydrogens is 217 g/mol. The van der Waals surface area contributed by atoms with Gasteiger partial charge in [0.2, 0.25) is 0 Å². The van der Waals surface area contributed by atoms with E-state index in [1.807, 2.05) is 12.1 Å². The van der Waals surface area contributed by atoms with Crippen molar-refractivity contribution >= 4 is 23.2 Å². The lowest BCUT2D eigenvalue weighted by Gasteiger charge is -2.11. The quantitative estimate of drug-likeness (QED) is 0.776. The number of nitrogens with one attached hydrogen (secondary N) is 1. The van der Waals surface area contributed by atoms with Gasteiger partial charge in [-0.1, -0.05) is 30.1 Å². The first-order valence-corrected chi connectivity index (χ1v) is 5.60. The predicted octanol–water partition coefficient (Wildman–Crippen LogP) is 3.66. The van der Waals surface area contributed by atoms with Crippen LogP contribution in [0, 0.1) is 5.92 Å². The molecule has 1 aromatic carbocycles. The Balaban J connectivity index is 2.23. The molecule has 3 heteroatoms. The molecule has 1 N–H and O–H groups in total. The second kappa shape index (κ2) is 4.09. The zero-order valence-corrected chi connectivity index (χ0v) is 9.57. The molecular formula is C11H13Cl2N. The molecule has 0 unspecified atom stereocenters. The molecule has 1 heterocycles. The van der Waals surface area contributed by atoms with E-state index in [0.717, 1.165) is 18.9 Å². The van der Waals surface area contributed by atoms with Gasteiger partial charge in [-0.25, -0.2) is 0 Å². The van der Waals surface area contributed by atoms with Gasteiger partial charge in [-0.15, -0.1) is 0 Å². The molecule has 1 aliphatic heterocycles. The van der Waals surface area contributed by atoms with Crippen molar-refractivity contribution in [3.63, 3.8) is 0 Å². The molecule has 0 aromatic heterocycles. The average Bonchev–Trinajstić information content (AvgIpc) is 2.50. The highest BCUT2D eigenvalue weighted by molar-refractivity contribution is 6.34. The Kier molecular flexibility index (Phi) is 3.01. The van der Waals surface area contributed by atoms with Gasteiger partial charge in [0.1, 0.15) is 0 Å². The third-order valence-corrected chi connectivity index (χ3v) is 3.07. The van der Waals surface area contributed by atoms with Crippen molar-refractivity contribution in [2.24, 2.45) is 5.92 Å². The summed E-state index contributed by atoms with van der Waals surface area (Å²) in [7, 11) is 0. The van der Waals surface area contributed by atoms with Crippen molar-refractivity contribution in [3.05, 3.63) is 33.8 Å². The fourth-order valence-electron chi connectivity index (χ4n) is 1.94. The van der Waals surface area contributed by atoms with Gasteiger partial charge in [0, 0.05) is 16.1 Å². The highest BCUT2D eigenvalue weighted by Gasteiger charge is 2.22. The minimum atomic E-state index is 0.418. The van der Waals surface area contributed by atoms with Crippen LogP contribution in [0.25, 0.3) is 0 Å². The normalized spacial score (nSPS) is 26.8. The molecule has 0 aliphatic carbocycles. The van der Waals surface area contributed by atoms with Crippen molar-refractivity contribution in [3.8, 4) is 0 Å². The summed E-state index contributed by atoms with van der Waals surface area (Å²) < 4.78 is 0. The second-order valence-corrected chi connectivity index (χ2v) is 4.88. The number of benzene rings is 1. The first-order chi connectivity index (χ1) is 6.65. The van der Waals surface area contributed by atoms with Crippen LogP contribution in [0.5, 0.6) is 0 Å². The topological polar surface area (TPSA) is 12.0 Å². The number of halogens is 2. The van der Waals surface area contributed by atoms with E-state index in [2.05, 4.69) is 12.2 Å². The molecule has 1 nitrogen and oxygen atoms in total. The predicted molar refractivity (Wildman–Crippen MR) is 61.0 cm³/mol. The van der Waals surface area contributed by atoms with Crippen LogP contribution < -0.4 is 5.32 Å². The van der Waals surface area contributed by atoms with Crippen LogP contribution in [0.3, 0.4) is 0 Å². The van der Waals surface area contributed by atoms with Gasteiger partial charge < -0.3 is 5.32 Å². The van der Waals surface area contributed by atoms with E-state index in [1.54, 1.807) is 6.07 Å². The van der Waals surface area contributed by atoms with E-state index < -0.39 is 0 Å². The van der Waals surface area contributed by atoms with Gasteiger partial charge in [-0.2, -0.15) is 0 Å². The minimum Gasteiger partial charge on any atom is -0.310 e. The molecule has 2 rings (SSSR count). The van der Waals surface area contributed by atoms with Crippen molar-refractivity contribution in [1.29, 1.82) is 0 Å². The molecule has 1 fully saturated rings. The van der Waals surface area contributed by atoms with Crippen molar-refractivity contribution in [2.45, 2.75) is 19.4 Å². The molecule has 76 valence electrons. The number of hydrogen-bond acceptors (Lipinski definition) is 1. The third-order valence-electron chi connectivity index (χ3n) is 2.64. The standard InChI is InChI=1S/C11H13Cl2N/c1-7-2-11(14-6-7)8-3-9(12)5-10(13)4-8/h3-5,7,11,14H,2,6H2,1H3/t7-,11+/m0/s1. The van der Waals surface area contributed by atoms with Crippen molar-refractivity contribution in [1.82, 2.24) is 5.32 Å². The summed E-state index contributed by atoms with van der Waals surface area (Å²) in [4.78, 5) is 0. The van der Waals surface area contributed by atoms with Crippen LogP contribution in [-0.2, 0) is 0 Å². The van der Waals surface area contributed by atoms with E-state index in [1.165, 1.54) is 5.56 Å². The van der Waals surface area contributed by atoms with Crippen LogP contribution in [-0.4, -0.2) is 6.54 Å². The maximum Gasteiger partial charge on any atom is 0.0424 e. The Morgan fingerprint density at radius 2 is 1.86 bits per heavy atom. The Hall–Kier alpha value is -0.240. The maximum absolute atomic E-state index is 5.95. The average molecular weight is 230 g/mol. The molecule has 0 spiro atoms. The van der Waals surface area contributed by atoms with E-state index in [-0.39, 0.29) is 0 Å². The summed E-state index contributed by atoms with van der Waals surface area (Å²) in [6.07, 6.45) is 1.16. The van der Waals surface area contributed by atoms with Crippen LogP contribution in [0.15, 0.2) is 18.2 Å². The molecule has 1 aliphatic rings. The van der Waals surface area contributed by atoms with Crippen molar-refractivity contribution in [2.75, 3.05) is 6.54 Å². The van der Waals surface area contributed by atoms with Gasteiger partial charge in [0.25, 0.3) is 0 Å². The van der Waals surface area contributed by atoms with Crippen LogP contribution in [0.4, 0.5) is 0 Å². The van der Waals surface area contributed by atoms with E-state index in [9.17, 15) is 0 Å². The second-order valence-electron chi connectivity index (χ2n) is 4.00. The highest BCUT2D eigenvalue weighted by atomic mass is 35.5. The van der Waals surface area contributed by atoms with Gasteiger partial charge in [0.05, 0.1) is 0 Å². The lowest BCUT2D eigenvalue weighted by atomic mass is 10.0. The van der Waals surface area contributed by atoms with Crippen LogP contribution in [0.1, 0.15) is 24.9 Å². The molecule has 0 saturated carbocycles. The smallest absolute Gasteiger partial charge is 0.0424 e. The molecule has 14 heavy (non-hydrogen) atoms. The first-order valence-electron chi connectivity index (χ1n) is 4.84. The Labute approximate surface area is 94.4 Å². The van der Waals surface area contributed by atoms with Gasteiger partial charge in [-0.05, 0) is 42.6 Å². The van der Waals surface area contributed by atoms with Gasteiger partial charge in [-0.3, -0.25) is 0 Å². The number of hydrogen-bond donors (Lipinski definition) is 1. The van der Waals surface area contributed by atoms with E-state index >= 15 is 0 Å². The summed E-state index contributed by atoms with van der Waals surface area (Å²) in [6.45, 7) is 3.33. The first kappa shape index (κ1) is 10.3.